The predicted molar refractivity (Wildman–Crippen MR) is 94.7 cm³/mol. The highest BCUT2D eigenvalue weighted by atomic mass is 16.2. The van der Waals surface area contributed by atoms with Gasteiger partial charge in [0.15, 0.2) is 0 Å². The number of aryl methyl sites for hydroxylation is 2. The zero-order valence-corrected chi connectivity index (χ0v) is 14.8. The van der Waals surface area contributed by atoms with Crippen molar-refractivity contribution in [2.45, 2.75) is 45.4 Å². The van der Waals surface area contributed by atoms with Crippen LogP contribution in [0.1, 0.15) is 49.3 Å². The summed E-state index contributed by atoms with van der Waals surface area (Å²) in [6.45, 7) is 8.24. The summed E-state index contributed by atoms with van der Waals surface area (Å²) in [7, 11) is 2.13. The average molecular weight is 314 g/mol. The molecule has 1 aliphatic carbocycles. The molecule has 3 nitrogen and oxygen atoms in total. The van der Waals surface area contributed by atoms with Gasteiger partial charge in [0.2, 0.25) is 5.91 Å². The van der Waals surface area contributed by atoms with Crippen molar-refractivity contribution < 1.29 is 4.79 Å². The Morgan fingerprint density at radius 1 is 1.09 bits per heavy atom. The molecule has 0 saturated carbocycles. The molecule has 126 valence electrons. The third-order valence-corrected chi connectivity index (χ3v) is 5.61. The van der Waals surface area contributed by atoms with Crippen LogP contribution in [0.4, 0.5) is 0 Å². The van der Waals surface area contributed by atoms with E-state index in [-0.39, 0.29) is 0 Å². The van der Waals surface area contributed by atoms with E-state index in [9.17, 15) is 4.79 Å². The third kappa shape index (κ3) is 3.77. The van der Waals surface area contributed by atoms with Crippen LogP contribution in [0, 0.1) is 5.92 Å². The summed E-state index contributed by atoms with van der Waals surface area (Å²) in [5.74, 6) is 1.16. The van der Waals surface area contributed by atoms with Gasteiger partial charge in [-0.2, -0.15) is 0 Å². The second kappa shape index (κ2) is 7.04. The molecule has 3 rings (SSSR count). The Kier molecular flexibility index (Phi) is 5.05. The van der Waals surface area contributed by atoms with Crippen LogP contribution in [0.2, 0.25) is 0 Å². The summed E-state index contributed by atoms with van der Waals surface area (Å²) in [6.07, 6.45) is 4.37. The number of fused-ring (bicyclic) bond motifs is 1. The van der Waals surface area contributed by atoms with Gasteiger partial charge < -0.3 is 9.80 Å². The number of hydrogen-bond acceptors (Lipinski definition) is 2. The number of hydrogen-bond donors (Lipinski definition) is 0. The molecule has 1 atom stereocenters. The van der Waals surface area contributed by atoms with E-state index >= 15 is 0 Å². The minimum Gasteiger partial charge on any atom is -0.340 e. The maximum atomic E-state index is 12.7. The number of piperazine rings is 1. The number of carbonyl (C=O) groups is 1. The zero-order chi connectivity index (χ0) is 16.4. The van der Waals surface area contributed by atoms with Gasteiger partial charge in [-0.05, 0) is 54.8 Å². The maximum absolute atomic E-state index is 12.7. The van der Waals surface area contributed by atoms with Crippen molar-refractivity contribution in [1.29, 1.82) is 0 Å². The van der Waals surface area contributed by atoms with Gasteiger partial charge in [-0.3, -0.25) is 4.79 Å². The van der Waals surface area contributed by atoms with Gasteiger partial charge in [0.1, 0.15) is 0 Å². The lowest BCUT2D eigenvalue weighted by Crippen LogP contribution is -2.47. The molecule has 1 aliphatic heterocycles. The van der Waals surface area contributed by atoms with Crippen molar-refractivity contribution in [3.8, 4) is 0 Å². The van der Waals surface area contributed by atoms with E-state index in [0.29, 0.717) is 24.2 Å². The van der Waals surface area contributed by atoms with E-state index in [4.69, 9.17) is 0 Å². The molecule has 1 fully saturated rings. The van der Waals surface area contributed by atoms with Gasteiger partial charge in [0.25, 0.3) is 0 Å². The maximum Gasteiger partial charge on any atom is 0.223 e. The Labute approximate surface area is 140 Å². The predicted octanol–water partition coefficient (Wildman–Crippen LogP) is 3.08. The lowest BCUT2D eigenvalue weighted by Gasteiger charge is -2.34. The molecule has 0 radical (unpaired) electrons. The van der Waals surface area contributed by atoms with Crippen molar-refractivity contribution in [2.75, 3.05) is 33.2 Å². The van der Waals surface area contributed by atoms with Gasteiger partial charge in [-0.25, -0.2) is 0 Å². The summed E-state index contributed by atoms with van der Waals surface area (Å²) in [5.41, 5.74) is 4.39. The van der Waals surface area contributed by atoms with Crippen LogP contribution in [-0.4, -0.2) is 48.9 Å². The fourth-order valence-corrected chi connectivity index (χ4v) is 3.93. The van der Waals surface area contributed by atoms with E-state index in [1.807, 2.05) is 0 Å². The molecule has 1 heterocycles. The van der Waals surface area contributed by atoms with E-state index in [0.717, 1.165) is 26.2 Å². The standard InChI is InChI=1S/C20H30N2O/c1-15(2)19(14-20(23)22-11-9-21(3)10-12-22)18-8-7-16-5-4-6-17(16)13-18/h7-8,13,15,19H,4-6,9-12,14H2,1-3H3. The lowest BCUT2D eigenvalue weighted by molar-refractivity contribution is -0.133. The van der Waals surface area contributed by atoms with E-state index in [1.54, 1.807) is 0 Å². The average Bonchev–Trinajstić information content (AvgIpc) is 3.00. The van der Waals surface area contributed by atoms with Crippen molar-refractivity contribution in [1.82, 2.24) is 9.80 Å². The molecule has 1 unspecified atom stereocenters. The molecule has 1 aromatic rings. The molecule has 2 aliphatic rings. The van der Waals surface area contributed by atoms with Crippen LogP contribution in [0.25, 0.3) is 0 Å². The fraction of sp³-hybridized carbons (Fsp3) is 0.650. The molecule has 1 saturated heterocycles. The summed E-state index contributed by atoms with van der Waals surface area (Å²) in [5, 5.41) is 0. The SMILES string of the molecule is CC(C)C(CC(=O)N1CCN(C)CC1)c1ccc2c(c1)CCC2. The van der Waals surface area contributed by atoms with Crippen LogP contribution in [0.5, 0.6) is 0 Å². The van der Waals surface area contributed by atoms with Crippen LogP contribution in [-0.2, 0) is 17.6 Å². The summed E-state index contributed by atoms with van der Waals surface area (Å²) >= 11 is 0. The molecule has 1 aromatic carbocycles. The number of nitrogens with zero attached hydrogens (tertiary/aromatic N) is 2. The lowest BCUT2D eigenvalue weighted by atomic mass is 9.84. The molecule has 0 N–H and O–H groups in total. The van der Waals surface area contributed by atoms with Gasteiger partial charge in [-0.1, -0.05) is 32.0 Å². The first-order valence-corrected chi connectivity index (χ1v) is 9.12. The van der Waals surface area contributed by atoms with Gasteiger partial charge in [0, 0.05) is 32.6 Å². The fourth-order valence-electron chi connectivity index (χ4n) is 3.93. The van der Waals surface area contributed by atoms with Crippen molar-refractivity contribution >= 4 is 5.91 Å². The second-order valence-electron chi connectivity index (χ2n) is 7.62. The Balaban J connectivity index is 1.70. The van der Waals surface area contributed by atoms with Crippen molar-refractivity contribution in [3.63, 3.8) is 0 Å². The highest BCUT2D eigenvalue weighted by molar-refractivity contribution is 5.77. The second-order valence-corrected chi connectivity index (χ2v) is 7.62. The molecule has 0 aromatic heterocycles. The molecule has 1 amide bonds. The van der Waals surface area contributed by atoms with Gasteiger partial charge in [-0.15, -0.1) is 0 Å². The monoisotopic (exact) mass is 314 g/mol. The highest BCUT2D eigenvalue weighted by Gasteiger charge is 2.25. The van der Waals surface area contributed by atoms with Crippen molar-refractivity contribution in [3.05, 3.63) is 34.9 Å². The highest BCUT2D eigenvalue weighted by Crippen LogP contribution is 2.32. The Morgan fingerprint density at radius 3 is 2.48 bits per heavy atom. The first-order valence-electron chi connectivity index (χ1n) is 9.12. The molecule has 0 bridgehead atoms. The Hall–Kier alpha value is -1.35. The topological polar surface area (TPSA) is 23.6 Å². The minimum absolute atomic E-state index is 0.331. The van der Waals surface area contributed by atoms with E-state index in [2.05, 4.69) is 48.9 Å². The molecule has 0 spiro atoms. The van der Waals surface area contributed by atoms with Crippen LogP contribution in [0.3, 0.4) is 0 Å². The number of carbonyl (C=O) groups excluding carboxylic acids is 1. The quantitative estimate of drug-likeness (QED) is 0.853. The number of benzene rings is 1. The van der Waals surface area contributed by atoms with Crippen molar-refractivity contribution in [2.24, 2.45) is 5.92 Å². The smallest absolute Gasteiger partial charge is 0.223 e. The third-order valence-electron chi connectivity index (χ3n) is 5.61. The number of rotatable bonds is 4. The molecule has 23 heavy (non-hydrogen) atoms. The van der Waals surface area contributed by atoms with Gasteiger partial charge in [0.05, 0.1) is 0 Å². The molecule has 3 heteroatoms. The van der Waals surface area contributed by atoms with Crippen LogP contribution in [0.15, 0.2) is 18.2 Å². The summed E-state index contributed by atoms with van der Waals surface area (Å²) in [4.78, 5) is 17.1. The van der Waals surface area contributed by atoms with E-state index in [1.165, 1.54) is 36.0 Å². The molecular weight excluding hydrogens is 284 g/mol. The minimum atomic E-state index is 0.331. The van der Waals surface area contributed by atoms with Gasteiger partial charge >= 0.3 is 0 Å². The largest absolute Gasteiger partial charge is 0.340 e. The normalized spacial score (nSPS) is 19.9. The number of likely N-dealkylation sites (N-methyl/N-ethyl adjacent to an activating group) is 1. The Morgan fingerprint density at radius 2 is 1.78 bits per heavy atom. The first-order chi connectivity index (χ1) is 11.0. The van der Waals surface area contributed by atoms with Crippen LogP contribution < -0.4 is 0 Å². The molecular formula is C20H30N2O. The van der Waals surface area contributed by atoms with E-state index < -0.39 is 0 Å². The zero-order valence-electron chi connectivity index (χ0n) is 14.8. The first kappa shape index (κ1) is 16.5. The van der Waals surface area contributed by atoms with Crippen LogP contribution >= 0.6 is 0 Å². The Bertz CT molecular complexity index is 559. The summed E-state index contributed by atoms with van der Waals surface area (Å²) < 4.78 is 0. The summed E-state index contributed by atoms with van der Waals surface area (Å²) in [6, 6.07) is 6.95. The number of amides is 1.